The number of aromatic nitrogens is 2. The Kier molecular flexibility index (Phi) is 14.0. The third kappa shape index (κ3) is 11.7. The van der Waals surface area contributed by atoms with Crippen molar-refractivity contribution >= 4 is 63.4 Å². The van der Waals surface area contributed by atoms with Crippen LogP contribution in [-0.2, 0) is 17.9 Å². The molecule has 2 heterocycles. The molecule has 2 fully saturated rings. The molecule has 1 saturated carbocycles. The molecule has 1 saturated heterocycles. The highest BCUT2D eigenvalue weighted by atomic mass is 35.5. The van der Waals surface area contributed by atoms with E-state index in [0.29, 0.717) is 11.3 Å². The fourth-order valence-corrected chi connectivity index (χ4v) is 6.91. The second-order valence-electron chi connectivity index (χ2n) is 14.6. The van der Waals surface area contributed by atoms with Crippen LogP contribution in [0.4, 0.5) is 52.4 Å². The van der Waals surface area contributed by atoms with Crippen molar-refractivity contribution in [1.82, 2.24) is 20.2 Å². The zero-order chi connectivity index (χ0) is 40.2. The number of anilines is 3. The number of alkyl halides is 8. The van der Waals surface area contributed by atoms with Crippen molar-refractivity contribution in [3.8, 4) is 0 Å². The van der Waals surface area contributed by atoms with Gasteiger partial charge in [0.15, 0.2) is 0 Å². The van der Waals surface area contributed by atoms with Crippen molar-refractivity contribution in [1.29, 1.82) is 0 Å². The molecule has 2 aliphatic rings. The molecule has 1 aliphatic heterocycles. The van der Waals surface area contributed by atoms with E-state index in [0.717, 1.165) is 32.1 Å². The van der Waals surface area contributed by atoms with Crippen LogP contribution in [0.5, 0.6) is 0 Å². The third-order valence-electron chi connectivity index (χ3n) is 9.20. The average molecular weight is 816 g/mol. The van der Waals surface area contributed by atoms with Gasteiger partial charge in [-0.2, -0.15) is 26.3 Å². The molecule has 0 radical (unpaired) electrons. The number of carbonyl (C=O) groups is 2. The van der Waals surface area contributed by atoms with Gasteiger partial charge < -0.3 is 25.4 Å². The highest BCUT2D eigenvalue weighted by Crippen LogP contribution is 2.40. The normalized spacial score (nSPS) is 16.3. The number of carbonyl (C=O) groups excluding carboxylic acids is 2. The topological polar surface area (TPSA) is 91.3 Å². The molecule has 8 nitrogen and oxygen atoms in total. The number of imidazole rings is 1. The van der Waals surface area contributed by atoms with Gasteiger partial charge in [0.05, 0.1) is 50.5 Å². The summed E-state index contributed by atoms with van der Waals surface area (Å²) in [5.41, 5.74) is 1.12. The first kappa shape index (κ1) is 43.2. The van der Waals surface area contributed by atoms with Crippen molar-refractivity contribution < 1.29 is 44.7 Å². The molecule has 3 N–H and O–H groups in total. The number of piperidine rings is 1. The Morgan fingerprint density at radius 3 is 2.09 bits per heavy atom. The number of fused-ring (bicyclic) bond motifs is 1. The van der Waals surface area contributed by atoms with Crippen LogP contribution in [0.15, 0.2) is 24.3 Å². The van der Waals surface area contributed by atoms with Gasteiger partial charge in [-0.05, 0) is 49.4 Å². The van der Waals surface area contributed by atoms with Gasteiger partial charge in [-0.3, -0.25) is 9.59 Å². The van der Waals surface area contributed by atoms with Crippen LogP contribution in [0, 0.1) is 11.3 Å². The van der Waals surface area contributed by atoms with Gasteiger partial charge in [-0.15, -0.1) is 0 Å². The van der Waals surface area contributed by atoms with Gasteiger partial charge in [0.25, 0.3) is 12.3 Å². The number of nitrogens with one attached hydrogen (secondary N) is 3. The highest BCUT2D eigenvalue weighted by molar-refractivity contribution is 6.39. The molecule has 0 spiro atoms. The minimum Gasteiger partial charge on any atom is -0.371 e. The summed E-state index contributed by atoms with van der Waals surface area (Å²) in [5.74, 6) is -2.08. The van der Waals surface area contributed by atoms with Crippen molar-refractivity contribution in [2.24, 2.45) is 11.3 Å². The van der Waals surface area contributed by atoms with Crippen LogP contribution >= 0.6 is 23.2 Å². The molecule has 0 unspecified atom stereocenters. The van der Waals surface area contributed by atoms with Gasteiger partial charge in [-0.25, -0.2) is 13.8 Å². The molecule has 18 heteroatoms. The zero-order valence-electron chi connectivity index (χ0n) is 30.3. The standard InChI is InChI=1S/C34H41Cl2F5N6O2.C2H3F3/c1-33(2,3)31(49)42-17-19-9-10-23(35)29(28(19)36)45-32-44-24-15-22(30(48)43-21-7-5-4-6-8-21)25(16-26(24)47(32)18-27(37)38)46-13-11-20(12-14-46)34(39,40)41;1-2(3,4)5/h9-10,15-16,20-21,27H,4-8,11-14,17-18H2,1-3H3,(H,42,49)(H,43,48)(H,44,45);1H3. The van der Waals surface area contributed by atoms with E-state index in [9.17, 15) is 44.7 Å². The molecule has 2 amide bonds. The average Bonchev–Trinajstić information content (AvgIpc) is 3.39. The van der Waals surface area contributed by atoms with E-state index in [4.69, 9.17) is 23.2 Å². The van der Waals surface area contributed by atoms with Crippen molar-refractivity contribution in [3.05, 3.63) is 45.4 Å². The van der Waals surface area contributed by atoms with Crippen LogP contribution < -0.4 is 20.9 Å². The summed E-state index contributed by atoms with van der Waals surface area (Å²) in [5, 5.41) is 9.22. The first-order valence-electron chi connectivity index (χ1n) is 17.6. The lowest BCUT2D eigenvalue weighted by molar-refractivity contribution is -0.179. The molecular formula is C36H44Cl2F8N6O2. The SMILES string of the molecule is CC(C)(C)C(=O)NCc1ccc(Cl)c(Nc2nc3cc(C(=O)NC4CCCCC4)c(N4CCC(C(F)(F)F)CC4)cc3n2CC(F)F)c1Cl.CC(F)(F)F. The lowest BCUT2D eigenvalue weighted by atomic mass is 9.94. The van der Waals surface area contributed by atoms with Gasteiger partial charge in [0.1, 0.15) is 0 Å². The Balaban J connectivity index is 0.00000122. The first-order valence-corrected chi connectivity index (χ1v) is 18.3. The van der Waals surface area contributed by atoms with Crippen LogP contribution in [0.25, 0.3) is 11.0 Å². The summed E-state index contributed by atoms with van der Waals surface area (Å²) in [6.07, 6.45) is -6.77. The Morgan fingerprint density at radius 2 is 1.54 bits per heavy atom. The first-order chi connectivity index (χ1) is 25.0. The quantitative estimate of drug-likeness (QED) is 0.187. The van der Waals surface area contributed by atoms with Gasteiger partial charge >= 0.3 is 12.4 Å². The molecule has 5 rings (SSSR count). The number of hydrogen-bond donors (Lipinski definition) is 3. The van der Waals surface area contributed by atoms with Crippen molar-refractivity contribution in [2.45, 2.75) is 111 Å². The summed E-state index contributed by atoms with van der Waals surface area (Å²) in [6, 6.07) is 6.23. The third-order valence-corrected chi connectivity index (χ3v) is 9.95. The number of amides is 2. The fourth-order valence-electron chi connectivity index (χ4n) is 6.38. The summed E-state index contributed by atoms with van der Waals surface area (Å²) in [4.78, 5) is 32.5. The molecule has 2 aromatic carbocycles. The maximum atomic E-state index is 14.1. The monoisotopic (exact) mass is 814 g/mol. The van der Waals surface area contributed by atoms with Gasteiger partial charge in [0.2, 0.25) is 11.9 Å². The van der Waals surface area contributed by atoms with Crippen molar-refractivity contribution in [2.75, 3.05) is 23.3 Å². The largest absolute Gasteiger partial charge is 0.391 e. The lowest BCUT2D eigenvalue weighted by Gasteiger charge is -2.35. The molecule has 300 valence electrons. The Morgan fingerprint density at radius 1 is 0.926 bits per heavy atom. The predicted octanol–water partition coefficient (Wildman–Crippen LogP) is 10.4. The van der Waals surface area contributed by atoms with Crippen LogP contribution in [0.2, 0.25) is 10.0 Å². The van der Waals surface area contributed by atoms with E-state index in [1.807, 2.05) is 0 Å². The molecule has 1 aliphatic carbocycles. The Hall–Kier alpha value is -3.53. The van der Waals surface area contributed by atoms with E-state index in [2.05, 4.69) is 20.9 Å². The minimum absolute atomic E-state index is 0.0263. The molecule has 0 atom stereocenters. The molecule has 54 heavy (non-hydrogen) atoms. The summed E-state index contributed by atoms with van der Waals surface area (Å²) >= 11 is 13.2. The van der Waals surface area contributed by atoms with Crippen LogP contribution in [-0.4, -0.2) is 59.3 Å². The maximum absolute atomic E-state index is 14.1. The summed E-state index contributed by atoms with van der Waals surface area (Å²) < 4.78 is 101. The van der Waals surface area contributed by atoms with Crippen LogP contribution in [0.3, 0.4) is 0 Å². The lowest BCUT2D eigenvalue weighted by Crippen LogP contribution is -2.41. The van der Waals surface area contributed by atoms with Crippen LogP contribution in [0.1, 0.15) is 88.6 Å². The Bertz CT molecular complexity index is 1770. The Labute approximate surface area is 318 Å². The van der Waals surface area contributed by atoms with E-state index >= 15 is 0 Å². The van der Waals surface area contributed by atoms with E-state index in [-0.39, 0.29) is 89.6 Å². The highest BCUT2D eigenvalue weighted by Gasteiger charge is 2.41. The number of rotatable bonds is 9. The smallest absolute Gasteiger partial charge is 0.371 e. The second-order valence-corrected chi connectivity index (χ2v) is 15.4. The van der Waals surface area contributed by atoms with Gasteiger partial charge in [0, 0.05) is 38.0 Å². The molecule has 1 aromatic heterocycles. The number of halogens is 10. The van der Waals surface area contributed by atoms with E-state index in [1.54, 1.807) is 43.9 Å². The molecular weight excluding hydrogens is 771 g/mol. The number of benzene rings is 2. The van der Waals surface area contributed by atoms with E-state index in [1.165, 1.54) is 10.6 Å². The second kappa shape index (κ2) is 17.5. The number of nitrogens with zero attached hydrogens (tertiary/aromatic N) is 3. The predicted molar refractivity (Wildman–Crippen MR) is 194 cm³/mol. The number of hydrogen-bond acceptors (Lipinski definition) is 5. The van der Waals surface area contributed by atoms with E-state index < -0.39 is 42.6 Å². The fraction of sp³-hybridized carbons (Fsp3) is 0.583. The van der Waals surface area contributed by atoms with Gasteiger partial charge in [-0.1, -0.05) is 69.3 Å². The molecule has 0 bridgehead atoms. The van der Waals surface area contributed by atoms with Crippen molar-refractivity contribution in [3.63, 3.8) is 0 Å². The summed E-state index contributed by atoms with van der Waals surface area (Å²) in [6.45, 7) is 4.88. The molecule has 3 aromatic rings. The minimum atomic E-state index is -4.33. The summed E-state index contributed by atoms with van der Waals surface area (Å²) in [7, 11) is 0. The maximum Gasteiger partial charge on any atom is 0.391 e. The zero-order valence-corrected chi connectivity index (χ0v) is 31.8.